The van der Waals surface area contributed by atoms with Crippen LogP contribution < -0.4 is 4.74 Å². The highest BCUT2D eigenvalue weighted by Gasteiger charge is 2.28. The quantitative estimate of drug-likeness (QED) is 0.775. The van der Waals surface area contributed by atoms with Gasteiger partial charge in [-0.2, -0.15) is 13.2 Å². The second kappa shape index (κ2) is 5.00. The molecule has 0 saturated heterocycles. The van der Waals surface area contributed by atoms with Crippen molar-refractivity contribution >= 4 is 0 Å². The van der Waals surface area contributed by atoms with E-state index in [-0.39, 0.29) is 5.88 Å². The average Bonchev–Trinajstić information content (AvgIpc) is 2.15. The molecule has 1 heterocycles. The summed E-state index contributed by atoms with van der Waals surface area (Å²) < 4.78 is 40.0. The van der Waals surface area contributed by atoms with Crippen molar-refractivity contribution in [3.8, 4) is 5.88 Å². The van der Waals surface area contributed by atoms with Gasteiger partial charge in [0.15, 0.2) is 6.61 Å². The van der Waals surface area contributed by atoms with E-state index >= 15 is 0 Å². The zero-order valence-electron chi connectivity index (χ0n) is 8.05. The lowest BCUT2D eigenvalue weighted by Crippen LogP contribution is -2.19. The van der Waals surface area contributed by atoms with Crippen LogP contribution in [0.15, 0.2) is 18.2 Å². The largest absolute Gasteiger partial charge is 0.468 e. The van der Waals surface area contributed by atoms with Crippen LogP contribution >= 0.6 is 0 Å². The van der Waals surface area contributed by atoms with Crippen LogP contribution in [-0.4, -0.2) is 17.8 Å². The molecule has 0 fully saturated rings. The molecule has 15 heavy (non-hydrogen) atoms. The van der Waals surface area contributed by atoms with E-state index in [9.17, 15) is 13.2 Å². The van der Waals surface area contributed by atoms with Crippen LogP contribution in [0.1, 0.15) is 12.1 Å². The summed E-state index contributed by atoms with van der Waals surface area (Å²) >= 11 is 0. The third-order valence-electron chi connectivity index (χ3n) is 1.60. The molecule has 83 valence electrons. The summed E-state index contributed by atoms with van der Waals surface area (Å²) in [6.45, 7) is 2.32. The molecule has 0 N–H and O–H groups in total. The Hall–Kier alpha value is -1.26. The molecule has 0 amide bonds. The first-order valence-corrected chi connectivity index (χ1v) is 4.46. The van der Waals surface area contributed by atoms with E-state index < -0.39 is 12.8 Å². The molecule has 1 aromatic rings. The Labute approximate surface area is 86.1 Å². The smallest absolute Gasteiger partial charge is 0.422 e. The Morgan fingerprint density at radius 3 is 2.67 bits per heavy atom. The molecule has 0 unspecified atom stereocenters. The van der Waals surface area contributed by atoms with Gasteiger partial charge in [-0.05, 0) is 18.9 Å². The normalized spacial score (nSPS) is 11.5. The predicted molar refractivity (Wildman–Crippen MR) is 49.5 cm³/mol. The first-order valence-electron chi connectivity index (χ1n) is 4.46. The van der Waals surface area contributed by atoms with Gasteiger partial charge >= 0.3 is 6.18 Å². The topological polar surface area (TPSA) is 22.1 Å². The number of hydrogen-bond donors (Lipinski definition) is 0. The van der Waals surface area contributed by atoms with E-state index in [1.807, 2.05) is 0 Å². The summed E-state index contributed by atoms with van der Waals surface area (Å²) in [5.41, 5.74) is 0.685. The Morgan fingerprint density at radius 1 is 1.33 bits per heavy atom. The summed E-state index contributed by atoms with van der Waals surface area (Å²) in [5.74, 6) is -0.00160. The maximum atomic E-state index is 11.8. The molecular formula is C10H11F3NO. The lowest BCUT2D eigenvalue weighted by atomic mass is 10.2. The molecular weight excluding hydrogens is 207 g/mol. The van der Waals surface area contributed by atoms with Crippen LogP contribution in [0.2, 0.25) is 0 Å². The molecule has 2 nitrogen and oxygen atoms in total. The van der Waals surface area contributed by atoms with Gasteiger partial charge in [0.1, 0.15) is 0 Å². The Morgan fingerprint density at radius 2 is 2.07 bits per heavy atom. The fourth-order valence-corrected chi connectivity index (χ4v) is 1.01. The number of pyridine rings is 1. The molecule has 0 aliphatic carbocycles. The lowest BCUT2D eigenvalue weighted by Gasteiger charge is -2.08. The Balaban J connectivity index is 2.57. The maximum absolute atomic E-state index is 11.8. The van der Waals surface area contributed by atoms with E-state index in [4.69, 9.17) is 0 Å². The van der Waals surface area contributed by atoms with Crippen LogP contribution in [0.3, 0.4) is 0 Å². The van der Waals surface area contributed by atoms with E-state index in [1.54, 1.807) is 12.1 Å². The Kier molecular flexibility index (Phi) is 3.94. The van der Waals surface area contributed by atoms with Crippen LogP contribution in [0.25, 0.3) is 0 Å². The molecule has 1 aromatic heterocycles. The molecule has 5 heteroatoms. The molecule has 0 bridgehead atoms. The van der Waals surface area contributed by atoms with E-state index in [2.05, 4.69) is 16.6 Å². The highest BCUT2D eigenvalue weighted by Crippen LogP contribution is 2.17. The van der Waals surface area contributed by atoms with Crippen molar-refractivity contribution in [2.75, 3.05) is 6.61 Å². The zero-order valence-corrected chi connectivity index (χ0v) is 8.05. The summed E-state index contributed by atoms with van der Waals surface area (Å²) in [5, 5.41) is 0. The van der Waals surface area contributed by atoms with Crippen molar-refractivity contribution < 1.29 is 17.9 Å². The van der Waals surface area contributed by atoms with E-state index in [1.165, 1.54) is 6.07 Å². The number of rotatable bonds is 4. The van der Waals surface area contributed by atoms with Crippen LogP contribution in [-0.2, 0) is 6.42 Å². The van der Waals surface area contributed by atoms with Crippen molar-refractivity contribution in [2.24, 2.45) is 0 Å². The van der Waals surface area contributed by atoms with Crippen molar-refractivity contribution in [3.05, 3.63) is 30.8 Å². The second-order valence-electron chi connectivity index (χ2n) is 2.97. The van der Waals surface area contributed by atoms with Crippen LogP contribution in [0.5, 0.6) is 5.88 Å². The molecule has 0 aliphatic heterocycles. The minimum absolute atomic E-state index is 0.00160. The van der Waals surface area contributed by atoms with E-state index in [0.717, 1.165) is 0 Å². The van der Waals surface area contributed by atoms with Crippen molar-refractivity contribution in [2.45, 2.75) is 19.0 Å². The van der Waals surface area contributed by atoms with E-state index in [0.29, 0.717) is 18.5 Å². The average molecular weight is 218 g/mol. The molecule has 0 spiro atoms. The fraction of sp³-hybridized carbons (Fsp3) is 0.400. The monoisotopic (exact) mass is 218 g/mol. The van der Waals surface area contributed by atoms with Crippen molar-refractivity contribution in [1.29, 1.82) is 0 Å². The third-order valence-corrected chi connectivity index (χ3v) is 1.60. The zero-order chi connectivity index (χ0) is 11.3. The van der Waals surface area contributed by atoms with Crippen molar-refractivity contribution in [1.82, 2.24) is 4.98 Å². The third kappa shape index (κ3) is 4.67. The first-order chi connectivity index (χ1) is 7.01. The standard InChI is InChI=1S/C10H11F3NO/c1-2-4-8-5-3-6-9(14-8)15-7-10(11,12)13/h3,5-6H,1-2,4,7H2. The SMILES string of the molecule is [CH2]CCc1cccc(OCC(F)(F)F)n1. The predicted octanol–water partition coefficient (Wildman–Crippen LogP) is 2.79. The summed E-state index contributed by atoms with van der Waals surface area (Å²) in [6, 6.07) is 4.74. The van der Waals surface area contributed by atoms with Crippen LogP contribution in [0, 0.1) is 6.92 Å². The number of halogens is 3. The second-order valence-corrected chi connectivity index (χ2v) is 2.97. The molecule has 0 aliphatic rings. The maximum Gasteiger partial charge on any atom is 0.422 e. The highest BCUT2D eigenvalue weighted by molar-refractivity contribution is 5.16. The van der Waals surface area contributed by atoms with Gasteiger partial charge in [0, 0.05) is 11.8 Å². The van der Waals surface area contributed by atoms with Crippen molar-refractivity contribution in [3.63, 3.8) is 0 Å². The number of hydrogen-bond acceptors (Lipinski definition) is 2. The lowest BCUT2D eigenvalue weighted by molar-refractivity contribution is -0.154. The summed E-state index contributed by atoms with van der Waals surface area (Å²) in [4.78, 5) is 3.90. The highest BCUT2D eigenvalue weighted by atomic mass is 19.4. The van der Waals surface area contributed by atoms with Gasteiger partial charge in [-0.15, -0.1) is 0 Å². The molecule has 1 rings (SSSR count). The molecule has 1 radical (unpaired) electrons. The Bertz CT molecular complexity index is 312. The molecule has 0 aromatic carbocycles. The summed E-state index contributed by atoms with van der Waals surface area (Å²) in [7, 11) is 0. The van der Waals surface area contributed by atoms with Gasteiger partial charge in [0.05, 0.1) is 0 Å². The minimum atomic E-state index is -4.33. The molecule has 0 saturated carbocycles. The fourth-order valence-electron chi connectivity index (χ4n) is 1.01. The summed E-state index contributed by atoms with van der Waals surface area (Å²) in [6.07, 6.45) is -3.05. The van der Waals surface area contributed by atoms with Gasteiger partial charge in [0.25, 0.3) is 0 Å². The first kappa shape index (κ1) is 11.8. The number of alkyl halides is 3. The van der Waals surface area contributed by atoms with Crippen LogP contribution in [0.4, 0.5) is 13.2 Å². The van der Waals surface area contributed by atoms with Gasteiger partial charge in [-0.3, -0.25) is 0 Å². The number of aryl methyl sites for hydroxylation is 1. The number of nitrogens with zero attached hydrogens (tertiary/aromatic N) is 1. The minimum Gasteiger partial charge on any atom is -0.468 e. The number of aromatic nitrogens is 1. The number of ether oxygens (including phenoxy) is 1. The van der Waals surface area contributed by atoms with Gasteiger partial charge in [0.2, 0.25) is 5.88 Å². The molecule has 0 atom stereocenters. The van der Waals surface area contributed by atoms with Gasteiger partial charge < -0.3 is 4.74 Å². The van der Waals surface area contributed by atoms with Gasteiger partial charge in [-0.25, -0.2) is 4.98 Å². The van der Waals surface area contributed by atoms with Gasteiger partial charge in [-0.1, -0.05) is 13.0 Å².